The van der Waals surface area contributed by atoms with Gasteiger partial charge in [-0.1, -0.05) is 31.9 Å². The van der Waals surface area contributed by atoms with Crippen molar-refractivity contribution in [3.63, 3.8) is 0 Å². The van der Waals surface area contributed by atoms with Crippen LogP contribution in [-0.2, 0) is 14.3 Å². The minimum absolute atomic E-state index is 0.0797. The van der Waals surface area contributed by atoms with Gasteiger partial charge >= 0.3 is 5.97 Å². The molecule has 3 amide bonds. The van der Waals surface area contributed by atoms with E-state index in [2.05, 4.69) is 12.2 Å². The second-order valence-corrected chi connectivity index (χ2v) is 7.66. The monoisotopic (exact) mass is 386 g/mol. The maximum absolute atomic E-state index is 12.5. The van der Waals surface area contributed by atoms with Gasteiger partial charge in [-0.25, -0.2) is 4.79 Å². The van der Waals surface area contributed by atoms with Crippen molar-refractivity contribution in [2.75, 3.05) is 0 Å². The molecule has 150 valence electrons. The summed E-state index contributed by atoms with van der Waals surface area (Å²) in [4.78, 5) is 50.8. The Morgan fingerprint density at radius 1 is 1.07 bits per heavy atom. The summed E-state index contributed by atoms with van der Waals surface area (Å²) in [5, 5.41) is 2.95. The standard InChI is InChI=1S/C21H26N2O5/c1-12-8-4-7-11-17(12)22-18(24)14(3)28-21(27)13(2)23-19(25)15-9-5-6-10-16(15)20(23)26/h5-6,9-10,12-14,17H,4,7-8,11H2,1-3H3,(H,22,24)/t12-,13-,14-,17+/m1/s1. The number of carbonyl (C=O) groups is 4. The number of imide groups is 1. The fraction of sp³-hybridized carbons (Fsp3) is 0.524. The van der Waals surface area contributed by atoms with Crippen molar-refractivity contribution in [1.29, 1.82) is 0 Å². The van der Waals surface area contributed by atoms with Crippen molar-refractivity contribution in [2.24, 2.45) is 5.92 Å². The SMILES string of the molecule is C[C@@H]1CCCC[C@@H]1NC(=O)[C@@H](C)OC(=O)[C@@H](C)N1C(=O)c2ccccc2C1=O. The number of fused-ring (bicyclic) bond motifs is 1. The van der Waals surface area contributed by atoms with Gasteiger partial charge in [-0.05, 0) is 44.7 Å². The number of hydrogen-bond acceptors (Lipinski definition) is 5. The van der Waals surface area contributed by atoms with Crippen LogP contribution in [0.3, 0.4) is 0 Å². The van der Waals surface area contributed by atoms with Gasteiger partial charge in [0.15, 0.2) is 6.10 Å². The molecule has 1 aliphatic heterocycles. The average Bonchev–Trinajstić information content (AvgIpc) is 2.93. The van der Waals surface area contributed by atoms with Gasteiger partial charge < -0.3 is 10.1 Å². The van der Waals surface area contributed by atoms with E-state index in [0.717, 1.165) is 30.6 Å². The van der Waals surface area contributed by atoms with Crippen LogP contribution in [0.25, 0.3) is 0 Å². The van der Waals surface area contributed by atoms with E-state index in [0.29, 0.717) is 5.92 Å². The zero-order chi connectivity index (χ0) is 20.4. The first-order valence-electron chi connectivity index (χ1n) is 9.79. The number of carbonyl (C=O) groups excluding carboxylic acids is 4. The van der Waals surface area contributed by atoms with E-state index in [1.54, 1.807) is 24.3 Å². The number of esters is 1. The van der Waals surface area contributed by atoms with Gasteiger partial charge in [0, 0.05) is 6.04 Å². The zero-order valence-corrected chi connectivity index (χ0v) is 16.4. The molecule has 1 saturated carbocycles. The number of amides is 3. The lowest BCUT2D eigenvalue weighted by Crippen LogP contribution is -2.48. The van der Waals surface area contributed by atoms with Crippen LogP contribution >= 0.6 is 0 Å². The maximum atomic E-state index is 12.5. The Balaban J connectivity index is 1.60. The first-order valence-corrected chi connectivity index (χ1v) is 9.79. The van der Waals surface area contributed by atoms with Crippen molar-refractivity contribution in [3.05, 3.63) is 35.4 Å². The molecule has 2 aliphatic rings. The van der Waals surface area contributed by atoms with E-state index < -0.39 is 29.9 Å². The minimum Gasteiger partial charge on any atom is -0.451 e. The lowest BCUT2D eigenvalue weighted by atomic mass is 9.86. The normalized spacial score (nSPS) is 23.8. The van der Waals surface area contributed by atoms with E-state index >= 15 is 0 Å². The summed E-state index contributed by atoms with van der Waals surface area (Å²) in [7, 11) is 0. The van der Waals surface area contributed by atoms with Crippen molar-refractivity contribution < 1.29 is 23.9 Å². The predicted octanol–water partition coefficient (Wildman–Crippen LogP) is 2.30. The molecule has 0 unspecified atom stereocenters. The number of benzene rings is 1. The van der Waals surface area contributed by atoms with Gasteiger partial charge in [0.05, 0.1) is 11.1 Å². The highest BCUT2D eigenvalue weighted by Gasteiger charge is 2.41. The molecular formula is C21H26N2O5. The third-order valence-electron chi connectivity index (χ3n) is 5.66. The Kier molecular flexibility index (Phi) is 5.82. The molecule has 0 radical (unpaired) electrons. The zero-order valence-electron chi connectivity index (χ0n) is 16.4. The number of rotatable bonds is 5. The summed E-state index contributed by atoms with van der Waals surface area (Å²) >= 11 is 0. The first kappa shape index (κ1) is 20.0. The highest BCUT2D eigenvalue weighted by molar-refractivity contribution is 6.22. The molecule has 1 aromatic rings. The van der Waals surface area contributed by atoms with Gasteiger partial charge in [-0.2, -0.15) is 0 Å². The second-order valence-electron chi connectivity index (χ2n) is 7.66. The summed E-state index contributed by atoms with van der Waals surface area (Å²) in [6.07, 6.45) is 3.21. The molecule has 0 aromatic heterocycles. The molecule has 1 aromatic carbocycles. The molecule has 7 heteroatoms. The van der Waals surface area contributed by atoms with E-state index in [9.17, 15) is 19.2 Å². The summed E-state index contributed by atoms with van der Waals surface area (Å²) < 4.78 is 5.26. The molecule has 7 nitrogen and oxygen atoms in total. The molecular weight excluding hydrogens is 360 g/mol. The van der Waals surface area contributed by atoms with Crippen molar-refractivity contribution in [3.8, 4) is 0 Å². The van der Waals surface area contributed by atoms with Gasteiger partial charge in [0.1, 0.15) is 6.04 Å². The highest BCUT2D eigenvalue weighted by atomic mass is 16.5. The third kappa shape index (κ3) is 3.79. The lowest BCUT2D eigenvalue weighted by Gasteiger charge is -2.30. The maximum Gasteiger partial charge on any atom is 0.329 e. The molecule has 28 heavy (non-hydrogen) atoms. The van der Waals surface area contributed by atoms with E-state index in [-0.39, 0.29) is 23.1 Å². The Hall–Kier alpha value is -2.70. The molecule has 1 fully saturated rings. The third-order valence-corrected chi connectivity index (χ3v) is 5.66. The first-order chi connectivity index (χ1) is 13.3. The Morgan fingerprint density at radius 3 is 2.21 bits per heavy atom. The number of hydrogen-bond donors (Lipinski definition) is 1. The van der Waals surface area contributed by atoms with Crippen LogP contribution in [0, 0.1) is 5.92 Å². The Bertz CT molecular complexity index is 771. The Labute approximate surface area is 164 Å². The molecule has 1 N–H and O–H groups in total. The average molecular weight is 386 g/mol. The van der Waals surface area contributed by atoms with Crippen LogP contribution in [0.2, 0.25) is 0 Å². The molecule has 0 saturated heterocycles. The van der Waals surface area contributed by atoms with Gasteiger partial charge in [0.25, 0.3) is 17.7 Å². The van der Waals surface area contributed by atoms with Gasteiger partial charge in [-0.15, -0.1) is 0 Å². The fourth-order valence-corrected chi connectivity index (χ4v) is 3.82. The smallest absolute Gasteiger partial charge is 0.329 e. The Morgan fingerprint density at radius 2 is 1.64 bits per heavy atom. The highest BCUT2D eigenvalue weighted by Crippen LogP contribution is 2.25. The lowest BCUT2D eigenvalue weighted by molar-refractivity contribution is -0.158. The van der Waals surface area contributed by atoms with Crippen molar-refractivity contribution in [1.82, 2.24) is 10.2 Å². The van der Waals surface area contributed by atoms with Crippen LogP contribution < -0.4 is 5.32 Å². The molecule has 3 rings (SSSR count). The molecule has 1 heterocycles. The molecule has 0 bridgehead atoms. The summed E-state index contributed by atoms with van der Waals surface area (Å²) in [5.74, 6) is -1.82. The van der Waals surface area contributed by atoms with Gasteiger partial charge in [-0.3, -0.25) is 19.3 Å². The van der Waals surface area contributed by atoms with Crippen LogP contribution in [0.15, 0.2) is 24.3 Å². The molecule has 1 aliphatic carbocycles. The topological polar surface area (TPSA) is 92.8 Å². The number of nitrogens with zero attached hydrogens (tertiary/aromatic N) is 1. The van der Waals surface area contributed by atoms with E-state index in [1.807, 2.05) is 0 Å². The summed E-state index contributed by atoms with van der Waals surface area (Å²) in [6.45, 7) is 5.03. The van der Waals surface area contributed by atoms with Crippen LogP contribution in [0.5, 0.6) is 0 Å². The molecule has 0 spiro atoms. The van der Waals surface area contributed by atoms with E-state index in [1.165, 1.54) is 13.8 Å². The number of nitrogens with one attached hydrogen (secondary N) is 1. The van der Waals surface area contributed by atoms with Crippen molar-refractivity contribution in [2.45, 2.75) is 64.6 Å². The van der Waals surface area contributed by atoms with Crippen LogP contribution in [-0.4, -0.2) is 46.8 Å². The van der Waals surface area contributed by atoms with Crippen molar-refractivity contribution >= 4 is 23.7 Å². The quantitative estimate of drug-likeness (QED) is 0.619. The largest absolute Gasteiger partial charge is 0.451 e. The van der Waals surface area contributed by atoms with Gasteiger partial charge in [0.2, 0.25) is 0 Å². The summed E-state index contributed by atoms with van der Waals surface area (Å²) in [6, 6.07) is 5.39. The minimum atomic E-state index is -1.11. The summed E-state index contributed by atoms with van der Waals surface area (Å²) in [5.41, 5.74) is 0.536. The van der Waals surface area contributed by atoms with Crippen LogP contribution in [0.1, 0.15) is 67.2 Å². The second kappa shape index (κ2) is 8.12. The predicted molar refractivity (Wildman–Crippen MR) is 102 cm³/mol. The van der Waals surface area contributed by atoms with Crippen LogP contribution in [0.4, 0.5) is 0 Å². The van der Waals surface area contributed by atoms with E-state index in [4.69, 9.17) is 4.74 Å². The molecule has 4 atom stereocenters. The number of ether oxygens (including phenoxy) is 1. The fourth-order valence-electron chi connectivity index (χ4n) is 3.82.